The Morgan fingerprint density at radius 1 is 1.00 bits per heavy atom. The monoisotopic (exact) mass is 467 g/mol. The van der Waals surface area contributed by atoms with Gasteiger partial charge in [0.25, 0.3) is 5.91 Å². The Kier molecular flexibility index (Phi) is 6.76. The molecule has 2 amide bonds. The summed E-state index contributed by atoms with van der Waals surface area (Å²) in [6.45, 7) is 0. The number of halogens is 7. The number of carbonyl (C=O) groups is 2. The lowest BCUT2D eigenvalue weighted by Gasteiger charge is -2.18. The first kappa shape index (κ1) is 24.6. The second kappa shape index (κ2) is 8.80. The van der Waals surface area contributed by atoms with Crippen molar-refractivity contribution in [1.82, 2.24) is 5.32 Å². The summed E-state index contributed by atoms with van der Waals surface area (Å²) in [4.78, 5) is 33.7. The number of nitrogens with one attached hydrogen (secondary N) is 1. The van der Waals surface area contributed by atoms with Crippen molar-refractivity contribution in [3.63, 3.8) is 0 Å². The van der Waals surface area contributed by atoms with E-state index < -0.39 is 69.7 Å². The van der Waals surface area contributed by atoms with Crippen LogP contribution in [0.4, 0.5) is 36.4 Å². The lowest BCUT2D eigenvalue weighted by molar-refractivity contribution is -0.387. The topological polar surface area (TPSA) is 115 Å². The third-order valence-corrected chi connectivity index (χ3v) is 4.15. The highest BCUT2D eigenvalue weighted by Gasteiger charge is 2.37. The lowest BCUT2D eigenvalue weighted by Crippen LogP contribution is -2.46. The number of nitro groups is 1. The van der Waals surface area contributed by atoms with Crippen LogP contribution in [-0.4, -0.2) is 22.8 Å². The molecule has 1 atom stereocenters. The SMILES string of the molecule is NC(=O)[C@H](Cc1ccc(F)c([N+](=O)[O-])c1)NC(=O)c1cc(C(F)(F)F)cc(C(F)(F)F)c1. The highest BCUT2D eigenvalue weighted by atomic mass is 19.4. The molecule has 0 spiro atoms. The summed E-state index contributed by atoms with van der Waals surface area (Å²) in [5.74, 6) is -3.92. The molecule has 0 radical (unpaired) electrons. The molecule has 0 saturated carbocycles. The molecule has 2 rings (SSSR count). The summed E-state index contributed by atoms with van der Waals surface area (Å²) < 4.78 is 91.2. The molecule has 7 nitrogen and oxygen atoms in total. The van der Waals surface area contributed by atoms with Crippen LogP contribution >= 0.6 is 0 Å². The Bertz CT molecular complexity index is 1040. The van der Waals surface area contributed by atoms with Crippen LogP contribution in [0, 0.1) is 15.9 Å². The first-order chi connectivity index (χ1) is 14.6. The summed E-state index contributed by atoms with van der Waals surface area (Å²) in [6.07, 6.45) is -11.0. The van der Waals surface area contributed by atoms with Crippen LogP contribution in [0.2, 0.25) is 0 Å². The van der Waals surface area contributed by atoms with E-state index in [0.29, 0.717) is 6.07 Å². The van der Waals surface area contributed by atoms with E-state index in [2.05, 4.69) is 0 Å². The zero-order valence-corrected chi connectivity index (χ0v) is 15.6. The molecule has 2 aromatic rings. The molecule has 3 N–H and O–H groups in total. The molecule has 0 aromatic heterocycles. The van der Waals surface area contributed by atoms with Crippen LogP contribution in [0.1, 0.15) is 27.0 Å². The van der Waals surface area contributed by atoms with Gasteiger partial charge < -0.3 is 11.1 Å². The van der Waals surface area contributed by atoms with Gasteiger partial charge in [0, 0.05) is 18.1 Å². The van der Waals surface area contributed by atoms with E-state index in [1.54, 1.807) is 0 Å². The summed E-state index contributed by atoms with van der Waals surface area (Å²) in [6, 6.07) is 0.920. The number of amides is 2. The van der Waals surface area contributed by atoms with E-state index in [1.165, 1.54) is 0 Å². The molecule has 0 fully saturated rings. The summed E-state index contributed by atoms with van der Waals surface area (Å²) in [5, 5.41) is 12.7. The Balaban J connectivity index is 2.37. The minimum Gasteiger partial charge on any atom is -0.368 e. The van der Waals surface area contributed by atoms with Crippen molar-refractivity contribution >= 4 is 17.5 Å². The van der Waals surface area contributed by atoms with Gasteiger partial charge in [-0.1, -0.05) is 6.07 Å². The first-order valence-corrected chi connectivity index (χ1v) is 8.42. The molecule has 0 unspecified atom stereocenters. The first-order valence-electron chi connectivity index (χ1n) is 8.42. The number of rotatable bonds is 6. The molecule has 2 aromatic carbocycles. The molecule has 32 heavy (non-hydrogen) atoms. The molecule has 0 heterocycles. The highest BCUT2D eigenvalue weighted by molar-refractivity contribution is 5.97. The van der Waals surface area contributed by atoms with E-state index in [0.717, 1.165) is 12.1 Å². The van der Waals surface area contributed by atoms with Gasteiger partial charge in [0.1, 0.15) is 6.04 Å². The van der Waals surface area contributed by atoms with Crippen LogP contribution in [0.15, 0.2) is 36.4 Å². The Hall–Kier alpha value is -3.71. The zero-order chi connectivity index (χ0) is 24.4. The number of benzene rings is 2. The molecule has 0 saturated heterocycles. The molecule has 0 bridgehead atoms. The van der Waals surface area contributed by atoms with Crippen LogP contribution in [-0.2, 0) is 23.6 Å². The molecular weight excluding hydrogens is 455 g/mol. The van der Waals surface area contributed by atoms with Gasteiger partial charge >= 0.3 is 18.0 Å². The summed E-state index contributed by atoms with van der Waals surface area (Å²) >= 11 is 0. The van der Waals surface area contributed by atoms with Crippen LogP contribution in [0.3, 0.4) is 0 Å². The fourth-order valence-corrected chi connectivity index (χ4v) is 2.61. The maximum atomic E-state index is 13.4. The molecule has 14 heteroatoms. The van der Waals surface area contributed by atoms with E-state index in [4.69, 9.17) is 5.73 Å². The lowest BCUT2D eigenvalue weighted by atomic mass is 10.0. The van der Waals surface area contributed by atoms with Gasteiger partial charge in [-0.15, -0.1) is 0 Å². The van der Waals surface area contributed by atoms with Gasteiger partial charge in [0.05, 0.1) is 16.1 Å². The fourth-order valence-electron chi connectivity index (χ4n) is 2.61. The number of hydrogen-bond donors (Lipinski definition) is 2. The summed E-state index contributed by atoms with van der Waals surface area (Å²) in [5.41, 5.74) is -0.440. The Morgan fingerprint density at radius 3 is 1.97 bits per heavy atom. The van der Waals surface area contributed by atoms with E-state index in [1.807, 2.05) is 5.32 Å². The van der Waals surface area contributed by atoms with Gasteiger partial charge in [0.2, 0.25) is 11.7 Å². The molecule has 172 valence electrons. The maximum Gasteiger partial charge on any atom is 0.416 e. The molecule has 0 aliphatic heterocycles. The minimum absolute atomic E-state index is 0.0535. The number of alkyl halides is 6. The van der Waals surface area contributed by atoms with Crippen molar-refractivity contribution in [2.75, 3.05) is 0 Å². The third kappa shape index (κ3) is 5.92. The second-order valence-electron chi connectivity index (χ2n) is 6.47. The smallest absolute Gasteiger partial charge is 0.368 e. The summed E-state index contributed by atoms with van der Waals surface area (Å²) in [7, 11) is 0. The van der Waals surface area contributed by atoms with Crippen LogP contribution < -0.4 is 11.1 Å². The third-order valence-electron chi connectivity index (χ3n) is 4.15. The molecular formula is C18H12F7N3O4. The van der Waals surface area contributed by atoms with Gasteiger partial charge in [-0.2, -0.15) is 30.7 Å². The van der Waals surface area contributed by atoms with Crippen LogP contribution in [0.25, 0.3) is 0 Å². The number of nitrogens with zero attached hydrogens (tertiary/aromatic N) is 1. The maximum absolute atomic E-state index is 13.4. The van der Waals surface area contributed by atoms with E-state index in [-0.39, 0.29) is 23.8 Å². The fraction of sp³-hybridized carbons (Fsp3) is 0.222. The van der Waals surface area contributed by atoms with Crippen molar-refractivity contribution in [3.05, 3.63) is 74.6 Å². The number of nitrogens with two attached hydrogens (primary N) is 1. The van der Waals surface area contributed by atoms with Gasteiger partial charge in [0.15, 0.2) is 0 Å². The average Bonchev–Trinajstić information content (AvgIpc) is 2.66. The van der Waals surface area contributed by atoms with Crippen molar-refractivity contribution < 1.29 is 45.2 Å². The van der Waals surface area contributed by atoms with Gasteiger partial charge in [-0.05, 0) is 29.8 Å². The minimum atomic E-state index is -5.20. The normalized spacial score (nSPS) is 12.8. The zero-order valence-electron chi connectivity index (χ0n) is 15.6. The number of carbonyl (C=O) groups excluding carboxylic acids is 2. The second-order valence-corrected chi connectivity index (χ2v) is 6.47. The van der Waals surface area contributed by atoms with Crippen molar-refractivity contribution in [3.8, 4) is 0 Å². The predicted octanol–water partition coefficient (Wildman–Crippen LogP) is 3.60. The largest absolute Gasteiger partial charge is 0.416 e. The highest BCUT2D eigenvalue weighted by Crippen LogP contribution is 2.36. The number of primary amides is 1. The van der Waals surface area contributed by atoms with E-state index >= 15 is 0 Å². The Labute approximate surface area is 174 Å². The number of hydrogen-bond acceptors (Lipinski definition) is 4. The van der Waals surface area contributed by atoms with E-state index in [9.17, 15) is 50.4 Å². The Morgan fingerprint density at radius 2 is 1.53 bits per heavy atom. The van der Waals surface area contributed by atoms with Crippen molar-refractivity contribution in [2.24, 2.45) is 5.73 Å². The van der Waals surface area contributed by atoms with Gasteiger partial charge in [-0.3, -0.25) is 19.7 Å². The average molecular weight is 467 g/mol. The van der Waals surface area contributed by atoms with Crippen molar-refractivity contribution in [1.29, 1.82) is 0 Å². The van der Waals surface area contributed by atoms with Crippen LogP contribution in [0.5, 0.6) is 0 Å². The molecule has 0 aliphatic rings. The van der Waals surface area contributed by atoms with Crippen molar-refractivity contribution in [2.45, 2.75) is 24.8 Å². The number of nitro benzene ring substituents is 1. The quantitative estimate of drug-likeness (QED) is 0.384. The standard InChI is InChI=1S/C18H12F7N3O4/c19-12-2-1-8(4-14(12)28(31)32)3-13(15(26)29)27-16(30)9-5-10(17(20,21)22)7-11(6-9)18(23,24)25/h1-2,4-7,13H,3H2,(H2,26,29)(H,27,30)/t13-/m0/s1. The molecule has 0 aliphatic carbocycles. The van der Waals surface area contributed by atoms with Gasteiger partial charge in [-0.25, -0.2) is 0 Å². The predicted molar refractivity (Wildman–Crippen MR) is 93.7 cm³/mol.